The van der Waals surface area contributed by atoms with Crippen molar-refractivity contribution in [3.05, 3.63) is 47.9 Å². The molecule has 0 N–H and O–H groups in total. The van der Waals surface area contributed by atoms with E-state index >= 15 is 0 Å². The molecule has 0 aliphatic heterocycles. The van der Waals surface area contributed by atoms with E-state index in [9.17, 15) is 13.2 Å². The average molecular weight is 410 g/mol. The van der Waals surface area contributed by atoms with E-state index in [2.05, 4.69) is 10.2 Å². The topological polar surface area (TPSA) is 75.8 Å². The van der Waals surface area contributed by atoms with Crippen LogP contribution in [-0.4, -0.2) is 31.5 Å². The first-order valence-corrected chi connectivity index (χ1v) is 8.28. The van der Waals surface area contributed by atoms with Gasteiger partial charge in [0.1, 0.15) is 5.75 Å². The molecule has 0 saturated heterocycles. The van der Waals surface area contributed by atoms with Crippen molar-refractivity contribution in [2.24, 2.45) is 0 Å². The van der Waals surface area contributed by atoms with Crippen LogP contribution in [0.5, 0.6) is 23.0 Å². The molecule has 154 valence electrons. The zero-order valence-corrected chi connectivity index (χ0v) is 15.7. The Balaban J connectivity index is 1.78. The molecule has 3 rings (SSSR count). The zero-order chi connectivity index (χ0) is 21.0. The van der Waals surface area contributed by atoms with E-state index in [-0.39, 0.29) is 24.1 Å². The number of halogens is 3. The number of hydrogen-bond donors (Lipinski definition) is 0. The Kier molecular flexibility index (Phi) is 5.81. The van der Waals surface area contributed by atoms with Crippen LogP contribution >= 0.6 is 0 Å². The minimum Gasteiger partial charge on any atom is -0.493 e. The maximum absolute atomic E-state index is 12.8. The predicted octanol–water partition coefficient (Wildman–Crippen LogP) is 4.36. The van der Waals surface area contributed by atoms with Gasteiger partial charge in [0.05, 0.1) is 26.9 Å². The van der Waals surface area contributed by atoms with Crippen LogP contribution in [0, 0.1) is 0 Å². The van der Waals surface area contributed by atoms with Crippen molar-refractivity contribution in [3.8, 4) is 34.5 Å². The number of aromatic nitrogens is 2. The number of hydrogen-bond acceptors (Lipinski definition) is 7. The molecule has 3 aromatic rings. The molecule has 0 atom stereocenters. The second-order valence-corrected chi connectivity index (χ2v) is 5.73. The van der Waals surface area contributed by atoms with Crippen molar-refractivity contribution in [1.82, 2.24) is 10.2 Å². The maximum Gasteiger partial charge on any atom is 0.416 e. The van der Waals surface area contributed by atoms with Gasteiger partial charge in [-0.2, -0.15) is 13.2 Å². The summed E-state index contributed by atoms with van der Waals surface area (Å²) in [6.07, 6.45) is -4.45. The van der Waals surface area contributed by atoms with Gasteiger partial charge in [-0.05, 0) is 30.3 Å². The van der Waals surface area contributed by atoms with Crippen LogP contribution in [0.1, 0.15) is 11.5 Å². The van der Waals surface area contributed by atoms with E-state index < -0.39 is 11.7 Å². The van der Waals surface area contributed by atoms with Crippen LogP contribution in [-0.2, 0) is 12.8 Å². The van der Waals surface area contributed by atoms with Crippen LogP contribution < -0.4 is 18.9 Å². The Bertz CT molecular complexity index is 963. The van der Waals surface area contributed by atoms with Crippen molar-refractivity contribution in [2.45, 2.75) is 12.8 Å². The third-order valence-corrected chi connectivity index (χ3v) is 3.90. The highest BCUT2D eigenvalue weighted by Crippen LogP contribution is 2.41. The molecular formula is C19H17F3N2O5. The Hall–Kier alpha value is -3.43. The van der Waals surface area contributed by atoms with E-state index in [4.69, 9.17) is 23.4 Å². The second-order valence-electron chi connectivity index (χ2n) is 5.73. The quantitative estimate of drug-likeness (QED) is 0.573. The third-order valence-electron chi connectivity index (χ3n) is 3.90. The molecule has 0 aliphatic rings. The van der Waals surface area contributed by atoms with Gasteiger partial charge in [0, 0.05) is 5.56 Å². The molecule has 0 unspecified atom stereocenters. The number of rotatable bonds is 7. The molecule has 0 fully saturated rings. The molecule has 0 saturated carbocycles. The van der Waals surface area contributed by atoms with Crippen molar-refractivity contribution in [2.75, 3.05) is 21.3 Å². The van der Waals surface area contributed by atoms with Crippen molar-refractivity contribution < 1.29 is 36.5 Å². The summed E-state index contributed by atoms with van der Waals surface area (Å²) in [4.78, 5) is 0. The van der Waals surface area contributed by atoms with Gasteiger partial charge in [-0.3, -0.25) is 0 Å². The van der Waals surface area contributed by atoms with Gasteiger partial charge in [-0.1, -0.05) is 6.07 Å². The van der Waals surface area contributed by atoms with Crippen LogP contribution in [0.4, 0.5) is 13.2 Å². The number of methoxy groups -OCH3 is 3. The van der Waals surface area contributed by atoms with Crippen molar-refractivity contribution in [1.29, 1.82) is 0 Å². The first-order chi connectivity index (χ1) is 13.9. The maximum atomic E-state index is 12.8. The van der Waals surface area contributed by atoms with Gasteiger partial charge in [0.15, 0.2) is 18.1 Å². The van der Waals surface area contributed by atoms with Gasteiger partial charge in [0.25, 0.3) is 5.89 Å². The summed E-state index contributed by atoms with van der Waals surface area (Å²) in [5.74, 6) is 1.50. The standard InChI is InChI=1S/C19H17F3N2O5/c1-25-14-7-11(8-15(26-2)17(14)27-3)18-24-23-16(29-18)10-28-13-6-4-5-12(9-13)19(20,21)22/h4-9H,10H2,1-3H3. The first kappa shape index (κ1) is 20.3. The smallest absolute Gasteiger partial charge is 0.416 e. The predicted molar refractivity (Wildman–Crippen MR) is 95.2 cm³/mol. The highest BCUT2D eigenvalue weighted by Gasteiger charge is 2.30. The highest BCUT2D eigenvalue weighted by molar-refractivity contribution is 5.65. The van der Waals surface area contributed by atoms with E-state index in [1.54, 1.807) is 12.1 Å². The van der Waals surface area contributed by atoms with Crippen LogP contribution in [0.15, 0.2) is 40.8 Å². The van der Waals surface area contributed by atoms with Gasteiger partial charge in [0.2, 0.25) is 11.6 Å². The lowest BCUT2D eigenvalue weighted by molar-refractivity contribution is -0.137. The number of benzene rings is 2. The van der Waals surface area contributed by atoms with Gasteiger partial charge in [-0.25, -0.2) is 0 Å². The molecule has 0 spiro atoms. The van der Waals surface area contributed by atoms with Crippen LogP contribution in [0.25, 0.3) is 11.5 Å². The average Bonchev–Trinajstić information content (AvgIpc) is 3.19. The van der Waals surface area contributed by atoms with E-state index in [1.165, 1.54) is 33.5 Å². The molecule has 0 radical (unpaired) electrons. The summed E-state index contributed by atoms with van der Waals surface area (Å²) in [6.45, 7) is -0.196. The molecule has 0 aliphatic carbocycles. The van der Waals surface area contributed by atoms with Crippen LogP contribution in [0.3, 0.4) is 0 Å². The largest absolute Gasteiger partial charge is 0.493 e. The lowest BCUT2D eigenvalue weighted by atomic mass is 10.2. The van der Waals surface area contributed by atoms with Gasteiger partial charge in [-0.15, -0.1) is 10.2 Å². The van der Waals surface area contributed by atoms with Crippen molar-refractivity contribution in [3.63, 3.8) is 0 Å². The van der Waals surface area contributed by atoms with Crippen LogP contribution in [0.2, 0.25) is 0 Å². The molecule has 10 heteroatoms. The summed E-state index contributed by atoms with van der Waals surface area (Å²) < 4.78 is 65.0. The summed E-state index contributed by atoms with van der Waals surface area (Å²) in [7, 11) is 4.43. The minimum atomic E-state index is -4.45. The summed E-state index contributed by atoms with van der Waals surface area (Å²) in [5, 5.41) is 7.79. The molecule has 29 heavy (non-hydrogen) atoms. The van der Waals surface area contributed by atoms with Gasteiger partial charge >= 0.3 is 6.18 Å². The Labute approximate surface area is 164 Å². The fourth-order valence-corrected chi connectivity index (χ4v) is 2.54. The number of ether oxygens (including phenoxy) is 4. The molecule has 1 heterocycles. The highest BCUT2D eigenvalue weighted by atomic mass is 19.4. The molecule has 7 nitrogen and oxygen atoms in total. The van der Waals surface area contributed by atoms with E-state index in [1.807, 2.05) is 0 Å². The summed E-state index contributed by atoms with van der Waals surface area (Å²) in [5.41, 5.74) is -0.295. The van der Waals surface area contributed by atoms with E-state index in [0.717, 1.165) is 12.1 Å². The molecular weight excluding hydrogens is 393 g/mol. The Morgan fingerprint density at radius 3 is 2.21 bits per heavy atom. The second kappa shape index (κ2) is 8.29. The monoisotopic (exact) mass is 410 g/mol. The lowest BCUT2D eigenvalue weighted by Crippen LogP contribution is -2.05. The minimum absolute atomic E-state index is 0.0346. The fraction of sp³-hybridized carbons (Fsp3) is 0.263. The number of nitrogens with zero attached hydrogens (tertiary/aromatic N) is 2. The molecule has 1 aromatic heterocycles. The SMILES string of the molecule is COc1cc(-c2nnc(COc3cccc(C(F)(F)F)c3)o2)cc(OC)c1OC. The normalized spacial score (nSPS) is 11.2. The molecule has 0 amide bonds. The molecule has 2 aromatic carbocycles. The van der Waals surface area contributed by atoms with E-state index in [0.29, 0.717) is 22.8 Å². The lowest BCUT2D eigenvalue weighted by Gasteiger charge is -2.12. The zero-order valence-electron chi connectivity index (χ0n) is 15.7. The summed E-state index contributed by atoms with van der Waals surface area (Å²) in [6, 6.07) is 7.79. The third kappa shape index (κ3) is 4.53. The molecule has 0 bridgehead atoms. The first-order valence-electron chi connectivity index (χ1n) is 8.28. The Morgan fingerprint density at radius 2 is 1.62 bits per heavy atom. The fourth-order valence-electron chi connectivity index (χ4n) is 2.54. The summed E-state index contributed by atoms with van der Waals surface area (Å²) >= 11 is 0. The number of alkyl halides is 3. The van der Waals surface area contributed by atoms with Crippen molar-refractivity contribution >= 4 is 0 Å². The Morgan fingerprint density at radius 1 is 0.931 bits per heavy atom. The van der Waals surface area contributed by atoms with Gasteiger partial charge < -0.3 is 23.4 Å².